The Morgan fingerprint density at radius 2 is 1.95 bits per heavy atom. The fourth-order valence-electron chi connectivity index (χ4n) is 2.71. The molecule has 1 aromatic carbocycles. The van der Waals surface area contributed by atoms with Crippen molar-refractivity contribution in [2.24, 2.45) is 5.92 Å². The minimum Gasteiger partial charge on any atom is -0.508 e. The molecule has 5 heteroatoms. The molecule has 3 N–H and O–H groups in total. The Bertz CT molecular complexity index is 508. The molecule has 1 amide bonds. The van der Waals surface area contributed by atoms with Crippen molar-refractivity contribution in [3.63, 3.8) is 0 Å². The predicted octanol–water partition coefficient (Wildman–Crippen LogP) is 1.49. The number of nitrogens with one attached hydrogen (secondary N) is 1. The molecule has 1 aliphatic rings. The largest absolute Gasteiger partial charge is 0.508 e. The van der Waals surface area contributed by atoms with E-state index < -0.39 is 5.54 Å². The van der Waals surface area contributed by atoms with Crippen LogP contribution in [0.2, 0.25) is 0 Å². The number of likely N-dealkylation sites (tertiary alicyclic amines) is 1. The van der Waals surface area contributed by atoms with Crippen molar-refractivity contribution in [1.29, 1.82) is 0 Å². The number of carbonyl (C=O) groups excluding carboxylic acids is 1. The number of para-hydroxylation sites is 1. The maximum absolute atomic E-state index is 12.2. The first kappa shape index (κ1) is 16.8. The summed E-state index contributed by atoms with van der Waals surface area (Å²) in [4.78, 5) is 14.5. The van der Waals surface area contributed by atoms with Gasteiger partial charge in [-0.3, -0.25) is 9.69 Å². The van der Waals surface area contributed by atoms with Crippen LogP contribution in [0, 0.1) is 5.92 Å². The fraction of sp³-hybridized carbons (Fsp3) is 0.588. The van der Waals surface area contributed by atoms with Crippen LogP contribution in [-0.4, -0.2) is 46.3 Å². The number of rotatable bonds is 5. The molecule has 1 saturated heterocycles. The molecule has 0 atom stereocenters. The van der Waals surface area contributed by atoms with Gasteiger partial charge in [0.2, 0.25) is 5.91 Å². The van der Waals surface area contributed by atoms with E-state index in [2.05, 4.69) is 10.2 Å². The molecule has 0 bridgehead atoms. The second-order valence-electron chi connectivity index (χ2n) is 6.71. The molecule has 0 saturated carbocycles. The molecule has 122 valence electrons. The Labute approximate surface area is 131 Å². The number of phenolic OH excluding ortho intramolecular Hbond substituents is 1. The molecule has 0 aliphatic carbocycles. The van der Waals surface area contributed by atoms with Gasteiger partial charge in [0.05, 0.1) is 12.1 Å². The van der Waals surface area contributed by atoms with Crippen LogP contribution in [-0.2, 0) is 11.3 Å². The van der Waals surface area contributed by atoms with Gasteiger partial charge < -0.3 is 15.5 Å². The topological polar surface area (TPSA) is 72.8 Å². The van der Waals surface area contributed by atoms with E-state index in [1.807, 2.05) is 32.0 Å². The first-order valence-electron chi connectivity index (χ1n) is 7.83. The third-order valence-electron chi connectivity index (χ3n) is 4.20. The van der Waals surface area contributed by atoms with E-state index in [4.69, 9.17) is 0 Å². The number of carbonyl (C=O) groups is 1. The predicted molar refractivity (Wildman–Crippen MR) is 85.4 cm³/mol. The zero-order valence-electron chi connectivity index (χ0n) is 13.4. The molecule has 2 rings (SSSR count). The Balaban J connectivity index is 1.83. The minimum absolute atomic E-state index is 0.00597. The molecule has 1 aliphatic heterocycles. The number of aliphatic hydroxyl groups excluding tert-OH is 1. The third-order valence-corrected chi connectivity index (χ3v) is 4.20. The van der Waals surface area contributed by atoms with Gasteiger partial charge in [-0.05, 0) is 45.8 Å². The van der Waals surface area contributed by atoms with Crippen LogP contribution in [0.4, 0.5) is 0 Å². The lowest BCUT2D eigenvalue weighted by Gasteiger charge is -2.33. The zero-order valence-corrected chi connectivity index (χ0v) is 13.4. The summed E-state index contributed by atoms with van der Waals surface area (Å²) in [5.74, 6) is 0.361. The fourth-order valence-corrected chi connectivity index (χ4v) is 2.71. The summed E-state index contributed by atoms with van der Waals surface area (Å²) in [6.07, 6.45) is 1.61. The lowest BCUT2D eigenvalue weighted by Crippen LogP contribution is -2.50. The van der Waals surface area contributed by atoms with Crippen molar-refractivity contribution in [3.8, 4) is 5.75 Å². The number of hydrogen-bond acceptors (Lipinski definition) is 4. The van der Waals surface area contributed by atoms with Crippen molar-refractivity contribution in [2.45, 2.75) is 38.8 Å². The number of nitrogens with zero attached hydrogens (tertiary/aromatic N) is 1. The second kappa shape index (κ2) is 7.11. The van der Waals surface area contributed by atoms with E-state index in [0.29, 0.717) is 12.3 Å². The summed E-state index contributed by atoms with van der Waals surface area (Å²) in [6, 6.07) is 7.37. The average Bonchev–Trinajstić information content (AvgIpc) is 2.50. The smallest absolute Gasteiger partial charge is 0.223 e. The van der Waals surface area contributed by atoms with Crippen LogP contribution in [0.25, 0.3) is 0 Å². The maximum atomic E-state index is 12.2. The molecular weight excluding hydrogens is 280 g/mol. The summed E-state index contributed by atoms with van der Waals surface area (Å²) < 4.78 is 0. The number of phenols is 1. The molecule has 5 nitrogen and oxygen atoms in total. The van der Waals surface area contributed by atoms with Crippen LogP contribution in [0.3, 0.4) is 0 Å². The summed E-state index contributed by atoms with van der Waals surface area (Å²) in [5.41, 5.74) is 0.358. The Hall–Kier alpha value is -1.59. The first-order chi connectivity index (χ1) is 10.4. The number of aromatic hydroxyl groups is 1. The van der Waals surface area contributed by atoms with Crippen LogP contribution in [0.5, 0.6) is 5.75 Å². The van der Waals surface area contributed by atoms with Crippen molar-refractivity contribution < 1.29 is 15.0 Å². The quantitative estimate of drug-likeness (QED) is 0.771. The molecule has 0 unspecified atom stereocenters. The number of hydrogen-bond donors (Lipinski definition) is 3. The number of aliphatic hydroxyl groups is 1. The van der Waals surface area contributed by atoms with Crippen molar-refractivity contribution in [2.75, 3.05) is 19.7 Å². The second-order valence-corrected chi connectivity index (χ2v) is 6.71. The van der Waals surface area contributed by atoms with Crippen LogP contribution < -0.4 is 5.32 Å². The highest BCUT2D eigenvalue weighted by molar-refractivity contribution is 5.79. The molecule has 1 heterocycles. The zero-order chi connectivity index (χ0) is 16.2. The van der Waals surface area contributed by atoms with E-state index in [1.54, 1.807) is 6.07 Å². The Morgan fingerprint density at radius 1 is 1.32 bits per heavy atom. The lowest BCUT2D eigenvalue weighted by molar-refractivity contribution is -0.128. The van der Waals surface area contributed by atoms with Gasteiger partial charge in [-0.2, -0.15) is 0 Å². The van der Waals surface area contributed by atoms with Gasteiger partial charge in [0, 0.05) is 18.0 Å². The molecule has 0 aromatic heterocycles. The average molecular weight is 306 g/mol. The van der Waals surface area contributed by atoms with E-state index in [9.17, 15) is 15.0 Å². The van der Waals surface area contributed by atoms with Crippen molar-refractivity contribution >= 4 is 5.91 Å². The van der Waals surface area contributed by atoms with Crippen LogP contribution >= 0.6 is 0 Å². The van der Waals surface area contributed by atoms with Gasteiger partial charge in [-0.1, -0.05) is 18.2 Å². The van der Waals surface area contributed by atoms with Crippen molar-refractivity contribution in [3.05, 3.63) is 29.8 Å². The van der Waals surface area contributed by atoms with Gasteiger partial charge >= 0.3 is 0 Å². The van der Waals surface area contributed by atoms with E-state index >= 15 is 0 Å². The van der Waals surface area contributed by atoms with Crippen LogP contribution in [0.15, 0.2) is 24.3 Å². The van der Waals surface area contributed by atoms with Gasteiger partial charge in [-0.15, -0.1) is 0 Å². The van der Waals surface area contributed by atoms with E-state index in [-0.39, 0.29) is 18.4 Å². The van der Waals surface area contributed by atoms with E-state index in [1.165, 1.54) is 0 Å². The SMILES string of the molecule is CC(C)(CO)NC(=O)C1CCN(Cc2ccccc2O)CC1. The lowest BCUT2D eigenvalue weighted by atomic mass is 9.94. The molecule has 1 fully saturated rings. The molecule has 22 heavy (non-hydrogen) atoms. The molecule has 0 radical (unpaired) electrons. The standard InChI is InChI=1S/C17H26N2O3/c1-17(2,12-20)18-16(22)13-7-9-19(10-8-13)11-14-5-3-4-6-15(14)21/h3-6,13,20-21H,7-12H2,1-2H3,(H,18,22). The highest BCUT2D eigenvalue weighted by Crippen LogP contribution is 2.23. The third kappa shape index (κ3) is 4.45. The van der Waals surface area contributed by atoms with Gasteiger partial charge in [-0.25, -0.2) is 0 Å². The van der Waals surface area contributed by atoms with Gasteiger partial charge in [0.25, 0.3) is 0 Å². The van der Waals surface area contributed by atoms with Gasteiger partial charge in [0.15, 0.2) is 0 Å². The molecular formula is C17H26N2O3. The highest BCUT2D eigenvalue weighted by Gasteiger charge is 2.28. The maximum Gasteiger partial charge on any atom is 0.223 e. The first-order valence-corrected chi connectivity index (χ1v) is 7.83. The van der Waals surface area contributed by atoms with Crippen LogP contribution in [0.1, 0.15) is 32.3 Å². The highest BCUT2D eigenvalue weighted by atomic mass is 16.3. The van der Waals surface area contributed by atoms with Crippen molar-refractivity contribution in [1.82, 2.24) is 10.2 Å². The van der Waals surface area contributed by atoms with E-state index in [0.717, 1.165) is 31.5 Å². The summed E-state index contributed by atoms with van der Waals surface area (Å²) in [6.45, 7) is 5.96. The monoisotopic (exact) mass is 306 g/mol. The van der Waals surface area contributed by atoms with Gasteiger partial charge in [0.1, 0.15) is 5.75 Å². The Morgan fingerprint density at radius 3 is 2.55 bits per heavy atom. The number of benzene rings is 1. The number of piperidine rings is 1. The Kier molecular flexibility index (Phi) is 5.42. The number of amides is 1. The minimum atomic E-state index is -0.565. The molecule has 0 spiro atoms. The summed E-state index contributed by atoms with van der Waals surface area (Å²) in [7, 11) is 0. The normalized spacial score (nSPS) is 17.4. The molecule has 1 aromatic rings. The summed E-state index contributed by atoms with van der Waals surface area (Å²) in [5, 5.41) is 22.0. The summed E-state index contributed by atoms with van der Waals surface area (Å²) >= 11 is 0.